The van der Waals surface area contributed by atoms with Crippen molar-refractivity contribution >= 4 is 5.91 Å². The van der Waals surface area contributed by atoms with Crippen LogP contribution in [0.1, 0.15) is 36.6 Å². The second-order valence-corrected chi connectivity index (χ2v) is 8.79. The molecule has 2 aliphatic rings. The van der Waals surface area contributed by atoms with Gasteiger partial charge in [0.1, 0.15) is 5.75 Å². The van der Waals surface area contributed by atoms with E-state index in [1.54, 1.807) is 19.5 Å². The molecule has 8 heteroatoms. The summed E-state index contributed by atoms with van der Waals surface area (Å²) in [5.74, 6) is 2.04. The summed E-state index contributed by atoms with van der Waals surface area (Å²) in [6.45, 7) is 2.65. The van der Waals surface area contributed by atoms with Crippen LogP contribution < -0.4 is 4.74 Å². The van der Waals surface area contributed by atoms with E-state index in [1.807, 2.05) is 41.3 Å². The van der Waals surface area contributed by atoms with Crippen molar-refractivity contribution in [2.45, 2.75) is 31.6 Å². The molecule has 2 aliphatic heterocycles. The molecule has 0 bridgehead atoms. The molecule has 33 heavy (non-hydrogen) atoms. The third-order valence-electron chi connectivity index (χ3n) is 6.96. The van der Waals surface area contributed by atoms with Crippen LogP contribution in [0.25, 0.3) is 11.5 Å². The maximum absolute atomic E-state index is 13.2. The van der Waals surface area contributed by atoms with Crippen LogP contribution >= 0.6 is 0 Å². The molecule has 2 aromatic heterocycles. The number of amides is 1. The number of hydrogen-bond donors (Lipinski definition) is 0. The van der Waals surface area contributed by atoms with Crippen molar-refractivity contribution < 1.29 is 18.7 Å². The molecule has 1 spiro atoms. The van der Waals surface area contributed by atoms with E-state index in [9.17, 15) is 4.79 Å². The Balaban J connectivity index is 1.34. The summed E-state index contributed by atoms with van der Waals surface area (Å²) in [4.78, 5) is 19.2. The van der Waals surface area contributed by atoms with E-state index in [4.69, 9.17) is 13.9 Å². The Kier molecular flexibility index (Phi) is 6.09. The second-order valence-electron chi connectivity index (χ2n) is 8.79. The summed E-state index contributed by atoms with van der Waals surface area (Å²) >= 11 is 0. The van der Waals surface area contributed by atoms with Gasteiger partial charge in [-0.05, 0) is 43.0 Å². The Labute approximate surface area is 192 Å². The standard InChI is InChI=1S/C25H28N4O4/c1-31-21-5-3-2-4-18(21)6-7-22(30)29-16-20(25(17-29)10-14-32-15-11-25)24-28-27-23(33-24)19-8-12-26-13-9-19/h2-5,8-9,12-13,20H,6-7,10-11,14-17H2,1H3. The Morgan fingerprint density at radius 2 is 1.94 bits per heavy atom. The minimum Gasteiger partial charge on any atom is -0.496 e. The van der Waals surface area contributed by atoms with Crippen molar-refractivity contribution in [1.82, 2.24) is 20.1 Å². The van der Waals surface area contributed by atoms with Gasteiger partial charge >= 0.3 is 0 Å². The van der Waals surface area contributed by atoms with Gasteiger partial charge in [0.15, 0.2) is 0 Å². The number of ether oxygens (including phenoxy) is 2. The Hall–Kier alpha value is -3.26. The first-order chi connectivity index (χ1) is 16.2. The van der Waals surface area contributed by atoms with Gasteiger partial charge < -0.3 is 18.8 Å². The van der Waals surface area contributed by atoms with Crippen molar-refractivity contribution in [1.29, 1.82) is 0 Å². The minimum absolute atomic E-state index is 0.000279. The third-order valence-corrected chi connectivity index (χ3v) is 6.96. The number of aromatic nitrogens is 3. The largest absolute Gasteiger partial charge is 0.496 e. The molecule has 1 aromatic carbocycles. The zero-order chi connectivity index (χ0) is 22.7. The van der Waals surface area contributed by atoms with E-state index in [-0.39, 0.29) is 17.2 Å². The van der Waals surface area contributed by atoms with Gasteiger partial charge in [-0.25, -0.2) is 0 Å². The van der Waals surface area contributed by atoms with Crippen LogP contribution in [0.4, 0.5) is 0 Å². The van der Waals surface area contributed by atoms with E-state index >= 15 is 0 Å². The molecule has 8 nitrogen and oxygen atoms in total. The zero-order valence-electron chi connectivity index (χ0n) is 18.8. The number of nitrogens with zero attached hydrogens (tertiary/aromatic N) is 4. The maximum atomic E-state index is 13.2. The highest BCUT2D eigenvalue weighted by Gasteiger charge is 2.51. The number of pyridine rings is 1. The SMILES string of the molecule is COc1ccccc1CCC(=O)N1CC(c2nnc(-c3ccncc3)o2)C2(CCOCC2)C1. The fraction of sp³-hybridized carbons (Fsp3) is 0.440. The lowest BCUT2D eigenvalue weighted by molar-refractivity contribution is -0.130. The van der Waals surface area contributed by atoms with Gasteiger partial charge in [-0.1, -0.05) is 18.2 Å². The van der Waals surface area contributed by atoms with E-state index < -0.39 is 0 Å². The van der Waals surface area contributed by atoms with Crippen LogP contribution in [0.3, 0.4) is 0 Å². The van der Waals surface area contributed by atoms with Gasteiger partial charge in [0, 0.05) is 56.1 Å². The van der Waals surface area contributed by atoms with Gasteiger partial charge in [0.05, 0.1) is 13.0 Å². The van der Waals surface area contributed by atoms with Crippen LogP contribution in [-0.4, -0.2) is 59.4 Å². The Morgan fingerprint density at radius 3 is 2.73 bits per heavy atom. The minimum atomic E-state index is -0.0968. The smallest absolute Gasteiger partial charge is 0.247 e. The summed E-state index contributed by atoms with van der Waals surface area (Å²) in [6, 6.07) is 11.6. The molecule has 2 saturated heterocycles. The Morgan fingerprint density at radius 1 is 1.15 bits per heavy atom. The van der Waals surface area contributed by atoms with Crippen LogP contribution in [-0.2, 0) is 16.0 Å². The van der Waals surface area contributed by atoms with E-state index in [0.29, 0.717) is 50.9 Å². The summed E-state index contributed by atoms with van der Waals surface area (Å²) in [7, 11) is 1.66. The first-order valence-corrected chi connectivity index (χ1v) is 11.4. The van der Waals surface area contributed by atoms with Crippen molar-refractivity contribution in [3.8, 4) is 17.2 Å². The van der Waals surface area contributed by atoms with Crippen molar-refractivity contribution in [2.24, 2.45) is 5.41 Å². The lowest BCUT2D eigenvalue weighted by atomic mass is 9.72. The molecule has 1 unspecified atom stereocenters. The Bertz CT molecular complexity index is 1090. The van der Waals surface area contributed by atoms with Crippen molar-refractivity contribution in [2.75, 3.05) is 33.4 Å². The molecular formula is C25H28N4O4. The van der Waals surface area contributed by atoms with Crippen molar-refractivity contribution in [3.63, 3.8) is 0 Å². The van der Waals surface area contributed by atoms with Crippen LogP contribution in [0, 0.1) is 5.41 Å². The average Bonchev–Trinajstić information content (AvgIpc) is 3.49. The van der Waals surface area contributed by atoms with E-state index in [1.165, 1.54) is 0 Å². The number of benzene rings is 1. The van der Waals surface area contributed by atoms with Crippen LogP contribution in [0.15, 0.2) is 53.2 Å². The average molecular weight is 449 g/mol. The third kappa shape index (κ3) is 4.35. The molecule has 3 aromatic rings. The fourth-order valence-corrected chi connectivity index (χ4v) is 5.08. The number of carbonyl (C=O) groups is 1. The van der Waals surface area contributed by atoms with Gasteiger partial charge in [-0.2, -0.15) is 0 Å². The predicted molar refractivity (Wildman–Crippen MR) is 121 cm³/mol. The number of carbonyl (C=O) groups excluding carboxylic acids is 1. The number of hydrogen-bond acceptors (Lipinski definition) is 7. The molecule has 2 fully saturated rings. The first kappa shape index (κ1) is 21.6. The van der Waals surface area contributed by atoms with Gasteiger partial charge in [0.25, 0.3) is 0 Å². The molecule has 172 valence electrons. The highest BCUT2D eigenvalue weighted by molar-refractivity contribution is 5.77. The number of likely N-dealkylation sites (tertiary alicyclic amines) is 1. The summed E-state index contributed by atoms with van der Waals surface area (Å²) < 4.78 is 17.2. The summed E-state index contributed by atoms with van der Waals surface area (Å²) in [5.41, 5.74) is 1.79. The lowest BCUT2D eigenvalue weighted by Gasteiger charge is -2.36. The zero-order valence-corrected chi connectivity index (χ0v) is 18.8. The molecule has 0 radical (unpaired) electrons. The highest BCUT2D eigenvalue weighted by Crippen LogP contribution is 2.49. The fourth-order valence-electron chi connectivity index (χ4n) is 5.08. The summed E-state index contributed by atoms with van der Waals surface area (Å²) in [5, 5.41) is 8.68. The number of para-hydroxylation sites is 1. The molecule has 4 heterocycles. The molecule has 0 N–H and O–H groups in total. The normalized spacial score (nSPS) is 19.7. The maximum Gasteiger partial charge on any atom is 0.247 e. The highest BCUT2D eigenvalue weighted by atomic mass is 16.5. The lowest BCUT2D eigenvalue weighted by Crippen LogP contribution is -2.37. The molecule has 1 amide bonds. The molecule has 5 rings (SSSR count). The molecule has 0 saturated carbocycles. The molecule has 0 aliphatic carbocycles. The first-order valence-electron chi connectivity index (χ1n) is 11.4. The van der Waals surface area contributed by atoms with Gasteiger partial charge in [-0.3, -0.25) is 9.78 Å². The van der Waals surface area contributed by atoms with Gasteiger partial charge in [-0.15, -0.1) is 10.2 Å². The second kappa shape index (κ2) is 9.31. The van der Waals surface area contributed by atoms with E-state index in [2.05, 4.69) is 15.2 Å². The summed E-state index contributed by atoms with van der Waals surface area (Å²) in [6.07, 6.45) is 6.24. The van der Waals surface area contributed by atoms with E-state index in [0.717, 1.165) is 29.7 Å². The predicted octanol–water partition coefficient (Wildman–Crippen LogP) is 3.50. The molecular weight excluding hydrogens is 420 g/mol. The molecule has 1 atom stereocenters. The number of aryl methyl sites for hydroxylation is 1. The van der Waals surface area contributed by atoms with Gasteiger partial charge in [0.2, 0.25) is 17.7 Å². The van der Waals surface area contributed by atoms with Crippen molar-refractivity contribution in [3.05, 3.63) is 60.2 Å². The number of methoxy groups -OCH3 is 1. The topological polar surface area (TPSA) is 90.6 Å². The monoisotopic (exact) mass is 448 g/mol. The number of rotatable bonds is 6. The van der Waals surface area contributed by atoms with Crippen LogP contribution in [0.2, 0.25) is 0 Å². The van der Waals surface area contributed by atoms with Crippen LogP contribution in [0.5, 0.6) is 5.75 Å². The quantitative estimate of drug-likeness (QED) is 0.570.